The quantitative estimate of drug-likeness (QED) is 0.911. The molecule has 0 saturated heterocycles. The van der Waals surface area contributed by atoms with Gasteiger partial charge in [0.05, 0.1) is 6.42 Å². The highest BCUT2D eigenvalue weighted by Gasteiger charge is 2.27. The first-order chi connectivity index (χ1) is 10.1. The van der Waals surface area contributed by atoms with Crippen LogP contribution in [0.2, 0.25) is 0 Å². The Hall–Kier alpha value is -1.51. The molecule has 1 aliphatic heterocycles. The highest BCUT2D eigenvalue weighted by Crippen LogP contribution is 2.36. The minimum Gasteiger partial charge on any atom is -0.481 e. The number of aliphatic carboxylic acids is 1. The zero-order valence-electron chi connectivity index (χ0n) is 12.8. The van der Waals surface area contributed by atoms with Crippen molar-refractivity contribution >= 4 is 11.7 Å². The number of carbonyl (C=O) groups is 1. The Labute approximate surface area is 127 Å². The van der Waals surface area contributed by atoms with Crippen LogP contribution in [0.4, 0.5) is 5.69 Å². The van der Waals surface area contributed by atoms with Crippen molar-refractivity contribution in [1.29, 1.82) is 0 Å². The predicted octanol–water partition coefficient (Wildman–Crippen LogP) is 3.96. The lowest BCUT2D eigenvalue weighted by Gasteiger charge is -2.33. The molecule has 21 heavy (non-hydrogen) atoms. The van der Waals surface area contributed by atoms with Gasteiger partial charge >= 0.3 is 5.97 Å². The summed E-state index contributed by atoms with van der Waals surface area (Å²) in [6.07, 6.45) is 8.06. The maximum Gasteiger partial charge on any atom is 0.303 e. The van der Waals surface area contributed by atoms with Gasteiger partial charge < -0.3 is 10.0 Å². The molecular weight excluding hydrogens is 262 g/mol. The lowest BCUT2D eigenvalue weighted by Crippen LogP contribution is -2.35. The summed E-state index contributed by atoms with van der Waals surface area (Å²) in [7, 11) is 0. The Morgan fingerprint density at radius 3 is 2.81 bits per heavy atom. The molecule has 1 fully saturated rings. The van der Waals surface area contributed by atoms with Crippen molar-refractivity contribution in [1.82, 2.24) is 0 Å². The summed E-state index contributed by atoms with van der Waals surface area (Å²) >= 11 is 0. The van der Waals surface area contributed by atoms with Gasteiger partial charge in [-0.25, -0.2) is 0 Å². The van der Waals surface area contributed by atoms with E-state index in [4.69, 9.17) is 5.11 Å². The van der Waals surface area contributed by atoms with E-state index in [1.165, 1.54) is 48.9 Å². The van der Waals surface area contributed by atoms with Crippen LogP contribution in [0.1, 0.15) is 62.5 Å². The molecule has 1 aliphatic carbocycles. The minimum absolute atomic E-state index is 0.0848. The van der Waals surface area contributed by atoms with E-state index in [-0.39, 0.29) is 12.3 Å². The number of hydrogen-bond acceptors (Lipinski definition) is 2. The lowest BCUT2D eigenvalue weighted by atomic mass is 9.93. The normalized spacial score (nSPS) is 20.3. The zero-order chi connectivity index (χ0) is 14.8. The van der Waals surface area contributed by atoms with Gasteiger partial charge in [-0.2, -0.15) is 0 Å². The number of rotatable bonds is 4. The molecule has 0 bridgehead atoms. The van der Waals surface area contributed by atoms with Gasteiger partial charge in [0.25, 0.3) is 0 Å². The van der Waals surface area contributed by atoms with Gasteiger partial charge in [0.2, 0.25) is 0 Å². The second kappa shape index (κ2) is 6.08. The van der Waals surface area contributed by atoms with E-state index in [0.29, 0.717) is 6.04 Å². The van der Waals surface area contributed by atoms with Crippen molar-refractivity contribution < 1.29 is 9.90 Å². The molecule has 0 aromatic heterocycles. The first-order valence-electron chi connectivity index (χ1n) is 8.26. The van der Waals surface area contributed by atoms with E-state index < -0.39 is 5.97 Å². The SMILES string of the molecule is CC(CC(=O)O)c1ccc2c(c1)N(C1CCCCC1)CC2. The Morgan fingerprint density at radius 1 is 1.33 bits per heavy atom. The van der Waals surface area contributed by atoms with Crippen LogP contribution in [0.5, 0.6) is 0 Å². The van der Waals surface area contributed by atoms with Crippen LogP contribution in [-0.2, 0) is 11.2 Å². The fourth-order valence-corrected chi connectivity index (χ4v) is 3.88. The van der Waals surface area contributed by atoms with Gasteiger partial charge in [0.15, 0.2) is 0 Å². The average Bonchev–Trinajstić information content (AvgIpc) is 2.90. The van der Waals surface area contributed by atoms with Crippen LogP contribution in [0.15, 0.2) is 18.2 Å². The van der Waals surface area contributed by atoms with Crippen molar-refractivity contribution in [2.45, 2.75) is 63.8 Å². The van der Waals surface area contributed by atoms with Crippen LogP contribution < -0.4 is 4.90 Å². The van der Waals surface area contributed by atoms with Crippen LogP contribution in [-0.4, -0.2) is 23.7 Å². The summed E-state index contributed by atoms with van der Waals surface area (Å²) in [5, 5.41) is 8.98. The van der Waals surface area contributed by atoms with Crippen LogP contribution in [0, 0.1) is 0 Å². The molecule has 1 heterocycles. The molecular formula is C18H25NO2. The van der Waals surface area contributed by atoms with Crippen LogP contribution in [0.25, 0.3) is 0 Å². The molecule has 1 saturated carbocycles. The topological polar surface area (TPSA) is 40.5 Å². The molecule has 0 spiro atoms. The molecule has 1 atom stereocenters. The third-order valence-electron chi connectivity index (χ3n) is 5.11. The van der Waals surface area contributed by atoms with E-state index in [1.807, 2.05) is 6.92 Å². The molecule has 1 aromatic carbocycles. The molecule has 0 amide bonds. The van der Waals surface area contributed by atoms with Crippen molar-refractivity contribution in [3.8, 4) is 0 Å². The number of fused-ring (bicyclic) bond motifs is 1. The summed E-state index contributed by atoms with van der Waals surface area (Å²) in [6, 6.07) is 7.29. The number of carboxylic acids is 1. The van der Waals surface area contributed by atoms with E-state index >= 15 is 0 Å². The Balaban J connectivity index is 1.81. The summed E-state index contributed by atoms with van der Waals surface area (Å²) < 4.78 is 0. The number of benzene rings is 1. The molecule has 1 aromatic rings. The first-order valence-corrected chi connectivity index (χ1v) is 8.26. The third kappa shape index (κ3) is 3.07. The van der Waals surface area contributed by atoms with E-state index in [2.05, 4.69) is 23.1 Å². The first kappa shape index (κ1) is 14.4. The summed E-state index contributed by atoms with van der Waals surface area (Å²) in [4.78, 5) is 13.5. The predicted molar refractivity (Wildman–Crippen MR) is 85.0 cm³/mol. The maximum absolute atomic E-state index is 10.9. The van der Waals surface area contributed by atoms with Gasteiger partial charge in [-0.05, 0) is 42.4 Å². The molecule has 3 nitrogen and oxygen atoms in total. The second-order valence-corrected chi connectivity index (χ2v) is 6.62. The largest absolute Gasteiger partial charge is 0.481 e. The minimum atomic E-state index is -0.716. The van der Waals surface area contributed by atoms with Crippen molar-refractivity contribution in [3.63, 3.8) is 0 Å². The lowest BCUT2D eigenvalue weighted by molar-refractivity contribution is -0.137. The van der Waals surface area contributed by atoms with E-state index in [0.717, 1.165) is 13.0 Å². The number of anilines is 1. The Morgan fingerprint density at radius 2 is 2.10 bits per heavy atom. The smallest absolute Gasteiger partial charge is 0.303 e. The molecule has 2 aliphatic rings. The Kier molecular flexibility index (Phi) is 4.18. The fourth-order valence-electron chi connectivity index (χ4n) is 3.88. The molecule has 3 heteroatoms. The fraction of sp³-hybridized carbons (Fsp3) is 0.611. The van der Waals surface area contributed by atoms with Crippen LogP contribution >= 0.6 is 0 Å². The number of hydrogen-bond donors (Lipinski definition) is 1. The molecule has 114 valence electrons. The van der Waals surface area contributed by atoms with Crippen molar-refractivity contribution in [2.24, 2.45) is 0 Å². The number of carboxylic acid groups (broad SMARTS) is 1. The standard InChI is InChI=1S/C18H25NO2/c1-13(11-18(20)21)15-8-7-14-9-10-19(17(14)12-15)16-5-3-2-4-6-16/h7-8,12-13,16H,2-6,9-11H2,1H3,(H,20,21). The molecule has 3 rings (SSSR count). The highest BCUT2D eigenvalue weighted by molar-refractivity contribution is 5.68. The summed E-state index contributed by atoms with van der Waals surface area (Å²) in [6.45, 7) is 3.15. The van der Waals surface area contributed by atoms with Crippen molar-refractivity contribution in [3.05, 3.63) is 29.3 Å². The van der Waals surface area contributed by atoms with Gasteiger partial charge in [0.1, 0.15) is 0 Å². The average molecular weight is 287 g/mol. The Bertz CT molecular complexity index is 520. The monoisotopic (exact) mass is 287 g/mol. The molecule has 0 radical (unpaired) electrons. The van der Waals surface area contributed by atoms with Crippen LogP contribution in [0.3, 0.4) is 0 Å². The highest BCUT2D eigenvalue weighted by atomic mass is 16.4. The van der Waals surface area contributed by atoms with Gasteiger partial charge in [-0.3, -0.25) is 4.79 Å². The second-order valence-electron chi connectivity index (χ2n) is 6.62. The summed E-state index contributed by atoms with van der Waals surface area (Å²) in [5.74, 6) is -0.631. The van der Waals surface area contributed by atoms with Gasteiger partial charge in [-0.1, -0.05) is 38.3 Å². The maximum atomic E-state index is 10.9. The van der Waals surface area contributed by atoms with Gasteiger partial charge in [-0.15, -0.1) is 0 Å². The molecule has 1 N–H and O–H groups in total. The zero-order valence-corrected chi connectivity index (χ0v) is 12.8. The van der Waals surface area contributed by atoms with E-state index in [1.54, 1.807) is 0 Å². The van der Waals surface area contributed by atoms with Crippen molar-refractivity contribution in [2.75, 3.05) is 11.4 Å². The van der Waals surface area contributed by atoms with Gasteiger partial charge in [0, 0.05) is 18.3 Å². The molecule has 1 unspecified atom stereocenters. The number of nitrogens with zero attached hydrogens (tertiary/aromatic N) is 1. The van der Waals surface area contributed by atoms with E-state index in [9.17, 15) is 4.79 Å². The summed E-state index contributed by atoms with van der Waals surface area (Å²) in [5.41, 5.74) is 3.97. The third-order valence-corrected chi connectivity index (χ3v) is 5.11.